The highest BCUT2D eigenvalue weighted by atomic mass is 19.3. The van der Waals surface area contributed by atoms with Crippen LogP contribution in [0.25, 0.3) is 0 Å². The monoisotopic (exact) mass is 531 g/mol. The van der Waals surface area contributed by atoms with Crippen LogP contribution in [0.4, 0.5) is 36.3 Å². The van der Waals surface area contributed by atoms with E-state index in [2.05, 4.69) is 25.5 Å². The van der Waals surface area contributed by atoms with Crippen LogP contribution >= 0.6 is 0 Å². The third kappa shape index (κ3) is 5.27. The fraction of sp³-hybridized carbons (Fsp3) is 0.538. The number of aromatic nitrogens is 2. The molecule has 12 heteroatoms. The van der Waals surface area contributed by atoms with Crippen LogP contribution in [0.2, 0.25) is 0 Å². The van der Waals surface area contributed by atoms with Crippen molar-refractivity contribution in [1.29, 1.82) is 0 Å². The summed E-state index contributed by atoms with van der Waals surface area (Å²) in [4.78, 5) is 38.3. The Morgan fingerprint density at radius 2 is 1.82 bits per heavy atom. The number of anilines is 4. The molecule has 0 radical (unpaired) electrons. The molecular formula is C26H32F3N7O2. The Labute approximate surface area is 219 Å². The van der Waals surface area contributed by atoms with Crippen molar-refractivity contribution in [1.82, 2.24) is 20.2 Å². The van der Waals surface area contributed by atoms with E-state index in [1.54, 1.807) is 6.07 Å². The number of likely N-dealkylation sites (tertiary alicyclic amines) is 1. The number of carbonyl (C=O) groups excluding carboxylic acids is 2. The van der Waals surface area contributed by atoms with Gasteiger partial charge in [0.05, 0.1) is 18.3 Å². The van der Waals surface area contributed by atoms with Gasteiger partial charge in [-0.3, -0.25) is 9.59 Å². The molecule has 3 heterocycles. The highest BCUT2D eigenvalue weighted by molar-refractivity contribution is 6.02. The Balaban J connectivity index is 1.36. The molecule has 1 saturated carbocycles. The Kier molecular flexibility index (Phi) is 7.17. The van der Waals surface area contributed by atoms with Crippen LogP contribution in [-0.2, 0) is 4.79 Å². The van der Waals surface area contributed by atoms with Crippen LogP contribution in [0.3, 0.4) is 0 Å². The molecule has 1 aromatic carbocycles. The lowest BCUT2D eigenvalue weighted by Crippen LogP contribution is -2.48. The van der Waals surface area contributed by atoms with Crippen molar-refractivity contribution < 1.29 is 22.8 Å². The number of hydrogen-bond acceptors (Lipinski definition) is 7. The smallest absolute Gasteiger partial charge is 0.342 e. The van der Waals surface area contributed by atoms with E-state index in [0.717, 1.165) is 56.5 Å². The van der Waals surface area contributed by atoms with Crippen molar-refractivity contribution in [2.45, 2.75) is 56.5 Å². The molecule has 2 aliphatic heterocycles. The summed E-state index contributed by atoms with van der Waals surface area (Å²) < 4.78 is 44.4. The molecule has 204 valence electrons. The average Bonchev–Trinajstić information content (AvgIpc) is 3.40. The molecule has 2 aromatic rings. The minimum absolute atomic E-state index is 0.00378. The first kappa shape index (κ1) is 26.2. The lowest BCUT2D eigenvalue weighted by atomic mass is 10.0. The SMILES string of the molecule is CN1CCC(NC(=O)c2ccc(Nc3ncc4c(n3)N(C3CCCC3)CC(F)(F)C(=O)N4C)cc2F)CC1. The molecule has 0 unspecified atom stereocenters. The van der Waals surface area contributed by atoms with E-state index in [-0.39, 0.29) is 35.1 Å². The third-order valence-corrected chi connectivity index (χ3v) is 7.66. The second-order valence-corrected chi connectivity index (χ2v) is 10.4. The second kappa shape index (κ2) is 10.4. The van der Waals surface area contributed by atoms with E-state index in [1.807, 2.05) is 7.05 Å². The number of carbonyl (C=O) groups is 2. The number of alkyl halides is 2. The molecule has 1 aromatic heterocycles. The fourth-order valence-electron chi connectivity index (χ4n) is 5.43. The van der Waals surface area contributed by atoms with Crippen LogP contribution in [-0.4, -0.2) is 78.4 Å². The molecule has 0 bridgehead atoms. The summed E-state index contributed by atoms with van der Waals surface area (Å²) in [7, 11) is 3.31. The van der Waals surface area contributed by atoms with Gasteiger partial charge in [0, 0.05) is 24.8 Å². The summed E-state index contributed by atoms with van der Waals surface area (Å²) in [5, 5.41) is 5.81. The van der Waals surface area contributed by atoms with Crippen LogP contribution in [0.1, 0.15) is 48.9 Å². The zero-order valence-corrected chi connectivity index (χ0v) is 21.5. The van der Waals surface area contributed by atoms with E-state index in [1.165, 1.54) is 30.3 Å². The van der Waals surface area contributed by atoms with E-state index in [9.17, 15) is 22.8 Å². The summed E-state index contributed by atoms with van der Waals surface area (Å²) >= 11 is 0. The number of hydrogen-bond donors (Lipinski definition) is 2. The number of halogens is 3. The normalized spacial score (nSPS) is 20.8. The Morgan fingerprint density at radius 3 is 2.50 bits per heavy atom. The lowest BCUT2D eigenvalue weighted by Gasteiger charge is -2.31. The van der Waals surface area contributed by atoms with Crippen molar-refractivity contribution in [2.75, 3.05) is 48.8 Å². The van der Waals surface area contributed by atoms with E-state index >= 15 is 0 Å². The molecule has 2 N–H and O–H groups in total. The predicted octanol–water partition coefficient (Wildman–Crippen LogP) is 3.54. The van der Waals surface area contributed by atoms with Crippen molar-refractivity contribution in [3.63, 3.8) is 0 Å². The number of piperidine rings is 1. The number of nitrogens with zero attached hydrogens (tertiary/aromatic N) is 5. The molecule has 2 amide bonds. The first-order valence-electron chi connectivity index (χ1n) is 13.0. The number of fused-ring (bicyclic) bond motifs is 1. The fourth-order valence-corrected chi connectivity index (χ4v) is 5.43. The van der Waals surface area contributed by atoms with Gasteiger partial charge in [-0.15, -0.1) is 0 Å². The molecule has 0 spiro atoms. The van der Waals surface area contributed by atoms with Gasteiger partial charge in [-0.25, -0.2) is 9.37 Å². The van der Waals surface area contributed by atoms with Crippen LogP contribution in [0.5, 0.6) is 0 Å². The molecular weight excluding hydrogens is 499 g/mol. The van der Waals surface area contributed by atoms with Gasteiger partial charge in [-0.1, -0.05) is 12.8 Å². The zero-order chi connectivity index (χ0) is 27.0. The molecule has 0 atom stereocenters. The van der Waals surface area contributed by atoms with Gasteiger partial charge in [-0.2, -0.15) is 13.8 Å². The first-order chi connectivity index (χ1) is 18.1. The molecule has 38 heavy (non-hydrogen) atoms. The standard InChI is InChI=1S/C26H32F3N7O2/c1-34-11-9-16(10-12-34)31-23(37)19-8-7-17(13-20(19)27)32-25-30-14-21-22(33-25)36(18-5-3-4-6-18)15-26(28,29)24(38)35(21)2/h7-8,13-14,16,18H,3-6,9-12,15H2,1-2H3,(H,31,37)(H,30,32,33). The maximum Gasteiger partial charge on any atom is 0.342 e. The first-order valence-corrected chi connectivity index (χ1v) is 13.0. The number of benzene rings is 1. The van der Waals surface area contributed by atoms with Crippen molar-refractivity contribution >= 4 is 35.0 Å². The molecule has 1 aliphatic carbocycles. The Bertz CT molecular complexity index is 1210. The highest BCUT2D eigenvalue weighted by Crippen LogP contribution is 2.39. The van der Waals surface area contributed by atoms with E-state index in [4.69, 9.17) is 0 Å². The van der Waals surface area contributed by atoms with Gasteiger partial charge < -0.3 is 25.3 Å². The average molecular weight is 532 g/mol. The number of rotatable bonds is 5. The van der Waals surface area contributed by atoms with Crippen LogP contribution < -0.4 is 20.4 Å². The van der Waals surface area contributed by atoms with Crippen molar-refractivity contribution in [3.8, 4) is 0 Å². The van der Waals surface area contributed by atoms with E-state index in [0.29, 0.717) is 5.69 Å². The largest absolute Gasteiger partial charge is 0.349 e. The summed E-state index contributed by atoms with van der Waals surface area (Å²) in [5.74, 6) is -5.74. The van der Waals surface area contributed by atoms with E-state index < -0.39 is 30.1 Å². The van der Waals surface area contributed by atoms with Gasteiger partial charge in [-0.05, 0) is 64.0 Å². The van der Waals surface area contributed by atoms with Gasteiger partial charge in [0.1, 0.15) is 11.5 Å². The van der Waals surface area contributed by atoms with Crippen LogP contribution in [0.15, 0.2) is 24.4 Å². The number of nitrogens with one attached hydrogen (secondary N) is 2. The van der Waals surface area contributed by atoms with Crippen LogP contribution in [0, 0.1) is 5.82 Å². The minimum Gasteiger partial charge on any atom is -0.349 e. The van der Waals surface area contributed by atoms with Crippen molar-refractivity contribution in [2.24, 2.45) is 0 Å². The van der Waals surface area contributed by atoms with Gasteiger partial charge >= 0.3 is 5.92 Å². The minimum atomic E-state index is -3.57. The Morgan fingerprint density at radius 1 is 1.11 bits per heavy atom. The summed E-state index contributed by atoms with van der Waals surface area (Å²) in [6.45, 7) is 0.980. The van der Waals surface area contributed by atoms with Gasteiger partial charge in [0.2, 0.25) is 5.95 Å². The zero-order valence-electron chi connectivity index (χ0n) is 21.5. The topological polar surface area (TPSA) is 93.7 Å². The Hall–Kier alpha value is -3.41. The second-order valence-electron chi connectivity index (χ2n) is 10.4. The maximum absolute atomic E-state index is 14.9. The molecule has 2 fully saturated rings. The molecule has 9 nitrogen and oxygen atoms in total. The quantitative estimate of drug-likeness (QED) is 0.610. The molecule has 3 aliphatic rings. The molecule has 5 rings (SSSR count). The summed E-state index contributed by atoms with van der Waals surface area (Å²) in [6, 6.07) is 3.95. The lowest BCUT2D eigenvalue weighted by molar-refractivity contribution is -0.140. The summed E-state index contributed by atoms with van der Waals surface area (Å²) in [6.07, 6.45) is 6.23. The van der Waals surface area contributed by atoms with Gasteiger partial charge in [0.15, 0.2) is 5.82 Å². The highest BCUT2D eigenvalue weighted by Gasteiger charge is 2.48. The van der Waals surface area contributed by atoms with Crippen molar-refractivity contribution in [3.05, 3.63) is 35.8 Å². The molecule has 1 saturated heterocycles. The predicted molar refractivity (Wildman–Crippen MR) is 138 cm³/mol. The maximum atomic E-state index is 14.9. The number of amides is 2. The van der Waals surface area contributed by atoms with Gasteiger partial charge in [0.25, 0.3) is 11.8 Å². The third-order valence-electron chi connectivity index (χ3n) is 7.66. The summed E-state index contributed by atoms with van der Waals surface area (Å²) in [5.41, 5.74) is 0.429.